The van der Waals surface area contributed by atoms with Crippen LogP contribution in [0.1, 0.15) is 47.3 Å². The van der Waals surface area contributed by atoms with Crippen molar-refractivity contribution in [3.8, 4) is 17.8 Å². The molecule has 0 aliphatic carbocycles. The van der Waals surface area contributed by atoms with E-state index in [-0.39, 0.29) is 41.9 Å². The van der Waals surface area contributed by atoms with Crippen molar-refractivity contribution in [1.29, 1.82) is 5.26 Å². The van der Waals surface area contributed by atoms with Gasteiger partial charge in [0.05, 0.1) is 35.6 Å². The maximum atomic E-state index is 14.2. The Balaban J connectivity index is 1.35. The van der Waals surface area contributed by atoms with Crippen LogP contribution in [0.3, 0.4) is 0 Å². The minimum atomic E-state index is -0.861. The number of phenols is 1. The first kappa shape index (κ1) is 23.9. The van der Waals surface area contributed by atoms with Gasteiger partial charge in [0.15, 0.2) is 0 Å². The Labute approximate surface area is 214 Å². The van der Waals surface area contributed by atoms with Gasteiger partial charge in [-0.3, -0.25) is 9.69 Å². The smallest absolute Gasteiger partial charge is 0.318 e. The van der Waals surface area contributed by atoms with E-state index in [2.05, 4.69) is 16.0 Å². The van der Waals surface area contributed by atoms with Crippen molar-refractivity contribution in [3.63, 3.8) is 0 Å². The second-order valence-corrected chi connectivity index (χ2v) is 10.2. The number of nitriles is 1. The average Bonchev–Trinajstić information content (AvgIpc) is 3.42. The molecule has 37 heavy (non-hydrogen) atoms. The van der Waals surface area contributed by atoms with Crippen LogP contribution in [0.5, 0.6) is 11.8 Å². The van der Waals surface area contributed by atoms with Gasteiger partial charge in [0.2, 0.25) is 0 Å². The SMILES string of the molecule is N#Cc1ccc(O)cc1N1Cc2nc(OC[C@@]34CCCN3C[C@H](F)C4)nc(N3CCCOCC3)c2C1=O. The van der Waals surface area contributed by atoms with Gasteiger partial charge < -0.3 is 24.4 Å². The highest BCUT2D eigenvalue weighted by atomic mass is 19.1. The molecule has 5 heterocycles. The van der Waals surface area contributed by atoms with Crippen LogP contribution in [0.4, 0.5) is 15.9 Å². The zero-order chi connectivity index (χ0) is 25.6. The Bertz CT molecular complexity index is 1260. The molecule has 4 aliphatic rings. The number of rotatable bonds is 5. The van der Waals surface area contributed by atoms with Crippen LogP contribution in [0, 0.1) is 11.3 Å². The number of carbonyl (C=O) groups excluding carboxylic acids is 1. The van der Waals surface area contributed by atoms with Gasteiger partial charge in [-0.1, -0.05) is 0 Å². The number of aromatic hydroxyl groups is 1. The van der Waals surface area contributed by atoms with Crippen molar-refractivity contribution in [2.24, 2.45) is 0 Å². The molecule has 10 nitrogen and oxygen atoms in total. The molecule has 0 unspecified atom stereocenters. The lowest BCUT2D eigenvalue weighted by atomic mass is 9.95. The molecule has 1 N–H and O–H groups in total. The van der Waals surface area contributed by atoms with Crippen molar-refractivity contribution in [2.45, 2.75) is 43.9 Å². The topological polar surface area (TPSA) is 115 Å². The van der Waals surface area contributed by atoms with Crippen molar-refractivity contribution < 1.29 is 23.8 Å². The van der Waals surface area contributed by atoms with E-state index in [1.54, 1.807) is 0 Å². The predicted molar refractivity (Wildman–Crippen MR) is 132 cm³/mol. The Morgan fingerprint density at radius 3 is 3.00 bits per heavy atom. The number of amides is 1. The van der Waals surface area contributed by atoms with Gasteiger partial charge in [-0.05, 0) is 37.9 Å². The first-order valence-corrected chi connectivity index (χ1v) is 12.8. The molecule has 2 atom stereocenters. The summed E-state index contributed by atoms with van der Waals surface area (Å²) in [7, 11) is 0. The molecule has 1 aromatic carbocycles. The molecule has 6 rings (SSSR count). The number of benzene rings is 1. The summed E-state index contributed by atoms with van der Waals surface area (Å²) in [5.41, 5.74) is 1.11. The molecule has 1 amide bonds. The summed E-state index contributed by atoms with van der Waals surface area (Å²) >= 11 is 0. The lowest BCUT2D eigenvalue weighted by Crippen LogP contribution is -2.43. The van der Waals surface area contributed by atoms with Gasteiger partial charge in [-0.2, -0.15) is 15.2 Å². The van der Waals surface area contributed by atoms with Gasteiger partial charge in [0.25, 0.3) is 5.91 Å². The second kappa shape index (κ2) is 9.43. The third kappa shape index (κ3) is 4.24. The van der Waals surface area contributed by atoms with E-state index in [1.165, 1.54) is 23.1 Å². The number of fused-ring (bicyclic) bond motifs is 2. The fraction of sp³-hybridized carbons (Fsp3) is 0.538. The highest BCUT2D eigenvalue weighted by Crippen LogP contribution is 2.41. The number of anilines is 2. The predicted octanol–water partition coefficient (Wildman–Crippen LogP) is 2.40. The fourth-order valence-electron chi connectivity index (χ4n) is 6.09. The summed E-state index contributed by atoms with van der Waals surface area (Å²) in [4.78, 5) is 28.7. The van der Waals surface area contributed by atoms with Crippen LogP contribution in [0.15, 0.2) is 18.2 Å². The summed E-state index contributed by atoms with van der Waals surface area (Å²) in [6.45, 7) is 4.06. The Kier molecular flexibility index (Phi) is 6.09. The van der Waals surface area contributed by atoms with Crippen LogP contribution in [0.2, 0.25) is 0 Å². The largest absolute Gasteiger partial charge is 0.508 e. The van der Waals surface area contributed by atoms with Crippen LogP contribution < -0.4 is 14.5 Å². The lowest BCUT2D eigenvalue weighted by molar-refractivity contribution is 0.0995. The number of alkyl halides is 1. The number of nitrogens with zero attached hydrogens (tertiary/aromatic N) is 6. The molecule has 3 fully saturated rings. The van der Waals surface area contributed by atoms with Crippen LogP contribution in [-0.2, 0) is 11.3 Å². The average molecular weight is 509 g/mol. The van der Waals surface area contributed by atoms with E-state index in [0.717, 1.165) is 25.8 Å². The molecule has 3 saturated heterocycles. The summed E-state index contributed by atoms with van der Waals surface area (Å²) in [6.07, 6.45) is 2.24. The molecule has 2 aromatic rings. The number of halogens is 1. The Morgan fingerprint density at radius 1 is 1.24 bits per heavy atom. The van der Waals surface area contributed by atoms with Crippen molar-refractivity contribution >= 4 is 17.4 Å². The minimum Gasteiger partial charge on any atom is -0.508 e. The minimum absolute atomic E-state index is 0.0409. The van der Waals surface area contributed by atoms with E-state index in [9.17, 15) is 19.6 Å². The normalized spacial score (nSPS) is 25.6. The summed E-state index contributed by atoms with van der Waals surface area (Å²) in [5, 5.41) is 19.7. The van der Waals surface area contributed by atoms with Gasteiger partial charge in [0, 0.05) is 38.7 Å². The third-order valence-electron chi connectivity index (χ3n) is 7.86. The second-order valence-electron chi connectivity index (χ2n) is 10.2. The first-order chi connectivity index (χ1) is 18.0. The lowest BCUT2D eigenvalue weighted by Gasteiger charge is -2.31. The molecule has 194 valence electrons. The summed E-state index contributed by atoms with van der Waals surface area (Å²) in [6, 6.07) is 6.57. The Morgan fingerprint density at radius 2 is 2.14 bits per heavy atom. The molecule has 0 bridgehead atoms. The summed E-state index contributed by atoms with van der Waals surface area (Å²) in [5.74, 6) is 0.105. The Hall–Kier alpha value is -3.49. The zero-order valence-electron chi connectivity index (χ0n) is 20.5. The molecule has 4 aliphatic heterocycles. The molecular weight excluding hydrogens is 479 g/mol. The molecule has 0 radical (unpaired) electrons. The molecule has 11 heteroatoms. The van der Waals surface area contributed by atoms with Crippen molar-refractivity contribution in [1.82, 2.24) is 14.9 Å². The number of ether oxygens (including phenoxy) is 2. The summed E-state index contributed by atoms with van der Waals surface area (Å²) < 4.78 is 26.0. The number of carbonyl (C=O) groups is 1. The standard InChI is InChI=1S/C26H29FN6O4/c27-18-12-26(5-1-7-32(26)14-18)16-37-25-29-20-15-33(21-11-19(34)4-3-17(21)13-28)24(35)22(20)23(30-25)31-6-2-9-36-10-8-31/h3-4,11,18,34H,1-2,5-10,12,14-16H2/t18-,26+/m1/s1. The van der Waals surface area contributed by atoms with Gasteiger partial charge in [-0.25, -0.2) is 4.39 Å². The monoisotopic (exact) mass is 508 g/mol. The maximum Gasteiger partial charge on any atom is 0.318 e. The third-order valence-corrected chi connectivity index (χ3v) is 7.86. The molecule has 1 aromatic heterocycles. The van der Waals surface area contributed by atoms with Crippen molar-refractivity contribution in [3.05, 3.63) is 35.0 Å². The quantitative estimate of drug-likeness (QED) is 0.650. The van der Waals surface area contributed by atoms with Crippen LogP contribution in [0.25, 0.3) is 0 Å². The fourth-order valence-corrected chi connectivity index (χ4v) is 6.09. The number of phenolic OH excluding ortho intramolecular Hbond substituents is 1. The van der Waals surface area contributed by atoms with E-state index < -0.39 is 6.17 Å². The van der Waals surface area contributed by atoms with Crippen LogP contribution >= 0.6 is 0 Å². The highest BCUT2D eigenvalue weighted by molar-refractivity contribution is 6.13. The number of hydrogen-bond donors (Lipinski definition) is 1. The molecular formula is C26H29FN6O4. The highest BCUT2D eigenvalue weighted by Gasteiger charge is 2.49. The van der Waals surface area contributed by atoms with E-state index in [1.807, 2.05) is 4.90 Å². The van der Waals surface area contributed by atoms with Gasteiger partial charge >= 0.3 is 6.01 Å². The van der Waals surface area contributed by atoms with E-state index in [4.69, 9.17) is 14.5 Å². The van der Waals surface area contributed by atoms with E-state index >= 15 is 0 Å². The first-order valence-electron chi connectivity index (χ1n) is 12.8. The number of aromatic nitrogens is 2. The maximum absolute atomic E-state index is 14.2. The molecule has 0 saturated carbocycles. The zero-order valence-corrected chi connectivity index (χ0v) is 20.5. The van der Waals surface area contributed by atoms with Gasteiger partial charge in [0.1, 0.15) is 36.0 Å². The van der Waals surface area contributed by atoms with Crippen LogP contribution in [-0.4, -0.2) is 83.6 Å². The number of hydrogen-bond acceptors (Lipinski definition) is 9. The molecule has 0 spiro atoms. The van der Waals surface area contributed by atoms with E-state index in [0.29, 0.717) is 62.0 Å². The van der Waals surface area contributed by atoms with Crippen molar-refractivity contribution in [2.75, 3.05) is 55.8 Å². The van der Waals surface area contributed by atoms with Gasteiger partial charge in [-0.15, -0.1) is 0 Å².